The first kappa shape index (κ1) is 32.3. The number of rotatable bonds is 5. The van der Waals surface area contributed by atoms with Gasteiger partial charge in [0.15, 0.2) is 0 Å². The van der Waals surface area contributed by atoms with Crippen LogP contribution in [0.25, 0.3) is 55.0 Å². The van der Waals surface area contributed by atoms with Gasteiger partial charge >= 0.3 is 0 Å². The lowest BCUT2D eigenvalue weighted by Gasteiger charge is -2.41. The van der Waals surface area contributed by atoms with E-state index in [9.17, 15) is 0 Å². The molecule has 0 fully saturated rings. The van der Waals surface area contributed by atoms with Crippen LogP contribution in [0.5, 0.6) is 0 Å². The first-order valence-corrected chi connectivity index (χ1v) is 20.4. The van der Waals surface area contributed by atoms with Crippen LogP contribution < -0.4 is 26.2 Å². The van der Waals surface area contributed by atoms with Crippen molar-refractivity contribution < 1.29 is 0 Å². The van der Waals surface area contributed by atoms with E-state index in [1.54, 1.807) is 0 Å². The summed E-state index contributed by atoms with van der Waals surface area (Å²) in [7, 11) is 0. The SMILES string of the molecule is c1ccc(N(c2ccccc2)c2cc3c4c(c2)-n2c5ccccc5c5cc6c7ccccc7n(-c7ccccc7)c6c(c52)B4c2ccccc2N3c2ccccc2)cc1. The third kappa shape index (κ3) is 4.50. The predicted molar refractivity (Wildman–Crippen MR) is 249 cm³/mol. The van der Waals surface area contributed by atoms with E-state index in [0.717, 1.165) is 28.4 Å². The van der Waals surface area contributed by atoms with E-state index in [0.29, 0.717) is 0 Å². The topological polar surface area (TPSA) is 16.3 Å². The van der Waals surface area contributed by atoms with E-state index in [1.165, 1.54) is 77.1 Å². The van der Waals surface area contributed by atoms with Gasteiger partial charge in [0.1, 0.15) is 0 Å². The van der Waals surface area contributed by atoms with Gasteiger partial charge in [-0.1, -0.05) is 127 Å². The molecule has 0 spiro atoms. The highest BCUT2D eigenvalue weighted by Crippen LogP contribution is 2.47. The molecule has 11 aromatic rings. The van der Waals surface area contributed by atoms with E-state index in [-0.39, 0.29) is 6.71 Å². The van der Waals surface area contributed by atoms with Crippen molar-refractivity contribution in [3.63, 3.8) is 0 Å². The summed E-state index contributed by atoms with van der Waals surface area (Å²) in [5, 5.41) is 5.08. The molecule has 2 aromatic heterocycles. The number of benzene rings is 9. The maximum atomic E-state index is 2.59. The molecule has 0 radical (unpaired) electrons. The van der Waals surface area contributed by atoms with Gasteiger partial charge in [0.25, 0.3) is 6.71 Å². The van der Waals surface area contributed by atoms with Gasteiger partial charge in [-0.15, -0.1) is 0 Å². The fraction of sp³-hybridized carbons (Fsp3) is 0. The molecule has 0 N–H and O–H groups in total. The molecule has 9 aromatic carbocycles. The first-order valence-electron chi connectivity index (χ1n) is 20.4. The summed E-state index contributed by atoms with van der Waals surface area (Å²) in [6.45, 7) is -0.0538. The maximum absolute atomic E-state index is 2.59. The molecule has 59 heavy (non-hydrogen) atoms. The zero-order chi connectivity index (χ0) is 38.6. The Balaban J connectivity index is 1.26. The second-order valence-corrected chi connectivity index (χ2v) is 15.7. The quantitative estimate of drug-likeness (QED) is 0.163. The van der Waals surface area contributed by atoms with Crippen molar-refractivity contribution in [1.82, 2.24) is 9.13 Å². The van der Waals surface area contributed by atoms with E-state index < -0.39 is 0 Å². The lowest BCUT2D eigenvalue weighted by molar-refractivity contribution is 1.16. The van der Waals surface area contributed by atoms with Crippen molar-refractivity contribution >= 4 is 101 Å². The molecule has 274 valence electrons. The number of hydrogen-bond acceptors (Lipinski definition) is 2. The van der Waals surface area contributed by atoms with Crippen molar-refractivity contribution in [3.8, 4) is 11.4 Å². The molecule has 0 amide bonds. The van der Waals surface area contributed by atoms with E-state index >= 15 is 0 Å². The Kier molecular flexibility index (Phi) is 6.78. The average molecular weight is 751 g/mol. The molecule has 0 saturated carbocycles. The molecule has 4 heterocycles. The second-order valence-electron chi connectivity index (χ2n) is 15.7. The molecule has 2 aliphatic rings. The molecular formula is C54H35BN4. The lowest BCUT2D eigenvalue weighted by atomic mass is 9.33. The van der Waals surface area contributed by atoms with Gasteiger partial charge in [-0.05, 0) is 101 Å². The Morgan fingerprint density at radius 1 is 0.339 bits per heavy atom. The van der Waals surface area contributed by atoms with Crippen molar-refractivity contribution in [2.24, 2.45) is 0 Å². The zero-order valence-electron chi connectivity index (χ0n) is 32.1. The number of anilines is 6. The molecule has 0 bridgehead atoms. The Morgan fingerprint density at radius 3 is 1.47 bits per heavy atom. The lowest BCUT2D eigenvalue weighted by Crippen LogP contribution is -2.60. The van der Waals surface area contributed by atoms with Crippen LogP contribution in [0.1, 0.15) is 0 Å². The van der Waals surface area contributed by atoms with Crippen molar-refractivity contribution in [3.05, 3.63) is 212 Å². The van der Waals surface area contributed by atoms with Gasteiger partial charge in [0.05, 0.1) is 27.8 Å². The monoisotopic (exact) mass is 750 g/mol. The van der Waals surface area contributed by atoms with Crippen LogP contribution in [-0.4, -0.2) is 15.8 Å². The molecule has 0 unspecified atom stereocenters. The van der Waals surface area contributed by atoms with Gasteiger partial charge in [0.2, 0.25) is 0 Å². The smallest absolute Gasteiger partial charge is 0.254 e. The second kappa shape index (κ2) is 12.4. The van der Waals surface area contributed by atoms with Crippen LogP contribution in [0.3, 0.4) is 0 Å². The number of para-hydroxylation sites is 7. The normalized spacial score (nSPS) is 12.7. The third-order valence-electron chi connectivity index (χ3n) is 12.6. The number of nitrogens with zero attached hydrogens (tertiary/aromatic N) is 4. The summed E-state index contributed by atoms with van der Waals surface area (Å²) in [4.78, 5) is 4.91. The third-order valence-corrected chi connectivity index (χ3v) is 12.6. The van der Waals surface area contributed by atoms with E-state index in [2.05, 4.69) is 231 Å². The zero-order valence-corrected chi connectivity index (χ0v) is 32.1. The Morgan fingerprint density at radius 2 is 0.831 bits per heavy atom. The molecule has 0 atom stereocenters. The van der Waals surface area contributed by atoms with Gasteiger partial charge in [0, 0.05) is 61.4 Å². The molecule has 0 saturated heterocycles. The number of aromatic nitrogens is 2. The summed E-state index contributed by atoms with van der Waals surface area (Å²) < 4.78 is 5.12. The fourth-order valence-corrected chi connectivity index (χ4v) is 10.4. The predicted octanol–water partition coefficient (Wildman–Crippen LogP) is 12.0. The molecule has 2 aliphatic heterocycles. The highest BCUT2D eigenvalue weighted by atomic mass is 15.2. The molecular weight excluding hydrogens is 715 g/mol. The summed E-state index contributed by atoms with van der Waals surface area (Å²) in [6.07, 6.45) is 0. The standard InChI is InChI=1S/C54H35BN4/c1-5-19-36(20-6-1)56(37-21-7-2-8-22-37)40-33-49-51-50(34-40)59-47-31-17-14-28-42(47)44-35-43-41-27-13-16-30-46(41)58(39-25-11-4-12-26-39)53(43)52(54(44)59)55(51)45-29-15-18-32-48(45)57(49)38-23-9-3-10-24-38/h1-35H. The fourth-order valence-electron chi connectivity index (χ4n) is 10.4. The Hall–Kier alpha value is -7.76. The van der Waals surface area contributed by atoms with Gasteiger partial charge < -0.3 is 18.9 Å². The van der Waals surface area contributed by atoms with Crippen LogP contribution in [0, 0.1) is 0 Å². The number of fused-ring (bicyclic) bond motifs is 11. The molecule has 5 heteroatoms. The molecule has 0 aliphatic carbocycles. The largest absolute Gasteiger partial charge is 0.311 e. The number of hydrogen-bond donors (Lipinski definition) is 0. The molecule has 4 nitrogen and oxygen atoms in total. The van der Waals surface area contributed by atoms with E-state index in [1.807, 2.05) is 0 Å². The molecule has 13 rings (SSSR count). The van der Waals surface area contributed by atoms with Crippen molar-refractivity contribution in [1.29, 1.82) is 0 Å². The van der Waals surface area contributed by atoms with Crippen LogP contribution in [-0.2, 0) is 0 Å². The Bertz CT molecular complexity index is 3410. The van der Waals surface area contributed by atoms with Crippen LogP contribution in [0.2, 0.25) is 0 Å². The van der Waals surface area contributed by atoms with Crippen molar-refractivity contribution in [2.75, 3.05) is 9.80 Å². The summed E-state index contributed by atoms with van der Waals surface area (Å²) >= 11 is 0. The maximum Gasteiger partial charge on any atom is 0.254 e. The van der Waals surface area contributed by atoms with Crippen LogP contribution in [0.4, 0.5) is 34.1 Å². The van der Waals surface area contributed by atoms with Gasteiger partial charge in [-0.25, -0.2) is 0 Å². The van der Waals surface area contributed by atoms with Crippen LogP contribution in [0.15, 0.2) is 212 Å². The summed E-state index contributed by atoms with van der Waals surface area (Å²) in [5.41, 5.74) is 18.1. The summed E-state index contributed by atoms with van der Waals surface area (Å²) in [6, 6.07) is 77.8. The average Bonchev–Trinajstić information content (AvgIpc) is 3.82. The minimum Gasteiger partial charge on any atom is -0.311 e. The minimum atomic E-state index is -0.0538. The van der Waals surface area contributed by atoms with Crippen LogP contribution >= 0.6 is 0 Å². The van der Waals surface area contributed by atoms with E-state index in [4.69, 9.17) is 0 Å². The highest BCUT2D eigenvalue weighted by Gasteiger charge is 2.44. The summed E-state index contributed by atoms with van der Waals surface area (Å²) in [5.74, 6) is 0. The Labute approximate surface area is 342 Å². The minimum absolute atomic E-state index is 0.0538. The van der Waals surface area contributed by atoms with Crippen molar-refractivity contribution in [2.45, 2.75) is 0 Å². The van der Waals surface area contributed by atoms with Gasteiger partial charge in [-0.3, -0.25) is 0 Å². The van der Waals surface area contributed by atoms with Gasteiger partial charge in [-0.2, -0.15) is 0 Å². The first-order chi connectivity index (χ1) is 29.3. The highest BCUT2D eigenvalue weighted by molar-refractivity contribution is 7.01.